The minimum Gasteiger partial charge on any atom is -0.367 e. The van der Waals surface area contributed by atoms with Crippen molar-refractivity contribution in [3.05, 3.63) is 35.6 Å². The molecular formula is C14H19FN2O2. The molecule has 1 aromatic rings. The van der Waals surface area contributed by atoms with Crippen LogP contribution in [0.4, 0.5) is 4.39 Å². The van der Waals surface area contributed by atoms with Crippen molar-refractivity contribution in [3.63, 3.8) is 0 Å². The number of rotatable bonds is 4. The van der Waals surface area contributed by atoms with Crippen molar-refractivity contribution in [2.75, 3.05) is 19.7 Å². The Morgan fingerprint density at radius 1 is 1.53 bits per heavy atom. The first kappa shape index (κ1) is 14.0. The fraction of sp³-hybridized carbons (Fsp3) is 0.500. The summed E-state index contributed by atoms with van der Waals surface area (Å²) >= 11 is 0. The van der Waals surface area contributed by atoms with E-state index in [4.69, 9.17) is 10.5 Å². The molecule has 2 N–H and O–H groups in total. The average Bonchev–Trinajstić information content (AvgIpc) is 2.42. The Balaban J connectivity index is 2.12. The maximum atomic E-state index is 13.0. The molecule has 2 unspecified atom stereocenters. The van der Waals surface area contributed by atoms with Crippen LogP contribution in [0, 0.1) is 5.82 Å². The Morgan fingerprint density at radius 3 is 2.79 bits per heavy atom. The second-order valence-corrected chi connectivity index (χ2v) is 4.73. The molecular weight excluding hydrogens is 247 g/mol. The third kappa shape index (κ3) is 3.30. The van der Waals surface area contributed by atoms with Crippen LogP contribution in [0.1, 0.15) is 24.9 Å². The lowest BCUT2D eigenvalue weighted by atomic mass is 10.0. The normalized spacial score (nSPS) is 22.1. The van der Waals surface area contributed by atoms with Gasteiger partial charge in [0.1, 0.15) is 11.9 Å². The molecule has 0 radical (unpaired) electrons. The molecule has 1 heterocycles. The molecule has 1 saturated heterocycles. The number of nitrogens with zero attached hydrogens (tertiary/aromatic N) is 1. The van der Waals surface area contributed by atoms with Crippen LogP contribution in [-0.2, 0) is 9.53 Å². The number of hydrogen-bond acceptors (Lipinski definition) is 3. The molecule has 0 aromatic heterocycles. The maximum Gasteiger partial charge on any atom is 0.247 e. The summed E-state index contributed by atoms with van der Waals surface area (Å²) in [5, 5.41) is 0. The van der Waals surface area contributed by atoms with E-state index in [-0.39, 0.29) is 11.9 Å². The molecule has 104 valence electrons. The molecule has 0 bridgehead atoms. The zero-order valence-electron chi connectivity index (χ0n) is 11.0. The van der Waals surface area contributed by atoms with E-state index >= 15 is 0 Å². The van der Waals surface area contributed by atoms with E-state index in [1.807, 2.05) is 0 Å². The minimum atomic E-state index is -0.553. The zero-order valence-corrected chi connectivity index (χ0v) is 11.0. The van der Waals surface area contributed by atoms with Gasteiger partial charge in [-0.25, -0.2) is 4.39 Å². The summed E-state index contributed by atoms with van der Waals surface area (Å²) in [5.74, 6) is -0.672. The highest BCUT2D eigenvalue weighted by atomic mass is 19.1. The SMILES string of the molecule is CCC(c1ccc(F)cc1)N1CCOC(C(N)=O)C1. The Morgan fingerprint density at radius 2 is 2.21 bits per heavy atom. The third-order valence-corrected chi connectivity index (χ3v) is 3.50. The first-order valence-corrected chi connectivity index (χ1v) is 6.52. The highest BCUT2D eigenvalue weighted by Crippen LogP contribution is 2.26. The van der Waals surface area contributed by atoms with Crippen molar-refractivity contribution in [1.29, 1.82) is 0 Å². The number of morpholine rings is 1. The number of halogens is 1. The minimum absolute atomic E-state index is 0.159. The molecule has 1 aliphatic rings. The summed E-state index contributed by atoms with van der Waals surface area (Å²) in [4.78, 5) is 13.4. The second kappa shape index (κ2) is 6.12. The molecule has 0 spiro atoms. The smallest absolute Gasteiger partial charge is 0.247 e. The molecule has 0 saturated carbocycles. The lowest BCUT2D eigenvalue weighted by Gasteiger charge is -2.37. The van der Waals surface area contributed by atoms with Crippen molar-refractivity contribution >= 4 is 5.91 Å². The molecule has 1 aliphatic heterocycles. The number of hydrogen-bond donors (Lipinski definition) is 1. The lowest BCUT2D eigenvalue weighted by molar-refractivity contribution is -0.136. The van der Waals surface area contributed by atoms with E-state index in [0.717, 1.165) is 18.5 Å². The molecule has 1 aromatic carbocycles. The molecule has 5 heteroatoms. The predicted molar refractivity (Wildman–Crippen MR) is 69.9 cm³/mol. The highest BCUT2D eigenvalue weighted by Gasteiger charge is 2.29. The van der Waals surface area contributed by atoms with Crippen molar-refractivity contribution in [3.8, 4) is 0 Å². The van der Waals surface area contributed by atoms with Crippen LogP contribution in [0.3, 0.4) is 0 Å². The van der Waals surface area contributed by atoms with Gasteiger partial charge in [0.2, 0.25) is 5.91 Å². The quantitative estimate of drug-likeness (QED) is 0.897. The van der Waals surface area contributed by atoms with Gasteiger partial charge in [-0.2, -0.15) is 0 Å². The van der Waals surface area contributed by atoms with E-state index in [2.05, 4.69) is 11.8 Å². The van der Waals surface area contributed by atoms with Gasteiger partial charge in [0.05, 0.1) is 6.61 Å². The second-order valence-electron chi connectivity index (χ2n) is 4.73. The van der Waals surface area contributed by atoms with E-state index in [0.29, 0.717) is 13.2 Å². The van der Waals surface area contributed by atoms with E-state index in [9.17, 15) is 9.18 Å². The van der Waals surface area contributed by atoms with Gasteiger partial charge in [0, 0.05) is 19.1 Å². The Labute approximate surface area is 112 Å². The third-order valence-electron chi connectivity index (χ3n) is 3.50. The Bertz CT molecular complexity index is 436. The van der Waals surface area contributed by atoms with Crippen LogP contribution in [0.25, 0.3) is 0 Å². The van der Waals surface area contributed by atoms with E-state index in [1.165, 1.54) is 12.1 Å². The highest BCUT2D eigenvalue weighted by molar-refractivity contribution is 5.79. The molecule has 4 nitrogen and oxygen atoms in total. The van der Waals surface area contributed by atoms with E-state index < -0.39 is 12.0 Å². The average molecular weight is 266 g/mol. The number of primary amides is 1. The lowest BCUT2D eigenvalue weighted by Crippen LogP contribution is -2.49. The van der Waals surface area contributed by atoms with Gasteiger partial charge in [0.25, 0.3) is 0 Å². The summed E-state index contributed by atoms with van der Waals surface area (Å²) in [5.41, 5.74) is 6.34. The van der Waals surface area contributed by atoms with E-state index in [1.54, 1.807) is 12.1 Å². The summed E-state index contributed by atoms with van der Waals surface area (Å²) in [6.45, 7) is 3.80. The fourth-order valence-corrected chi connectivity index (χ4v) is 2.51. The monoisotopic (exact) mass is 266 g/mol. The number of carbonyl (C=O) groups excluding carboxylic acids is 1. The van der Waals surface area contributed by atoms with Crippen molar-refractivity contribution < 1.29 is 13.9 Å². The largest absolute Gasteiger partial charge is 0.367 e. The van der Waals surface area contributed by atoms with Gasteiger partial charge in [-0.3, -0.25) is 9.69 Å². The molecule has 1 fully saturated rings. The topological polar surface area (TPSA) is 55.6 Å². The summed E-state index contributed by atoms with van der Waals surface area (Å²) in [7, 11) is 0. The van der Waals surface area contributed by atoms with Crippen LogP contribution in [0.5, 0.6) is 0 Å². The molecule has 0 aliphatic carbocycles. The van der Waals surface area contributed by atoms with Crippen LogP contribution < -0.4 is 5.73 Å². The van der Waals surface area contributed by atoms with Crippen LogP contribution >= 0.6 is 0 Å². The Kier molecular flexibility index (Phi) is 4.50. The summed E-state index contributed by atoms with van der Waals surface area (Å²) in [6, 6.07) is 6.66. The summed E-state index contributed by atoms with van der Waals surface area (Å²) < 4.78 is 18.3. The fourth-order valence-electron chi connectivity index (χ4n) is 2.51. The van der Waals surface area contributed by atoms with Crippen LogP contribution in [-0.4, -0.2) is 36.6 Å². The first-order valence-electron chi connectivity index (χ1n) is 6.52. The predicted octanol–water partition coefficient (Wildman–Crippen LogP) is 1.46. The molecule has 2 atom stereocenters. The molecule has 19 heavy (non-hydrogen) atoms. The molecule has 2 rings (SSSR count). The molecule has 1 amide bonds. The zero-order chi connectivity index (χ0) is 13.8. The Hall–Kier alpha value is -1.46. The van der Waals surface area contributed by atoms with Crippen LogP contribution in [0.15, 0.2) is 24.3 Å². The summed E-state index contributed by atoms with van der Waals surface area (Å²) in [6.07, 6.45) is 0.333. The van der Waals surface area contributed by atoms with Gasteiger partial charge in [-0.05, 0) is 24.1 Å². The number of nitrogens with two attached hydrogens (primary N) is 1. The van der Waals surface area contributed by atoms with Gasteiger partial charge in [0.15, 0.2) is 0 Å². The number of benzene rings is 1. The maximum absolute atomic E-state index is 13.0. The first-order chi connectivity index (χ1) is 9.11. The number of carbonyl (C=O) groups is 1. The van der Waals surface area contributed by atoms with Crippen LogP contribution in [0.2, 0.25) is 0 Å². The van der Waals surface area contributed by atoms with Gasteiger partial charge in [-0.1, -0.05) is 19.1 Å². The van der Waals surface area contributed by atoms with Gasteiger partial charge < -0.3 is 10.5 Å². The van der Waals surface area contributed by atoms with Crippen molar-refractivity contribution in [1.82, 2.24) is 4.90 Å². The number of amides is 1. The number of ether oxygens (including phenoxy) is 1. The van der Waals surface area contributed by atoms with Crippen molar-refractivity contribution in [2.24, 2.45) is 5.73 Å². The van der Waals surface area contributed by atoms with Gasteiger partial charge in [-0.15, -0.1) is 0 Å². The standard InChI is InChI=1S/C14H19FN2O2/c1-2-12(10-3-5-11(15)6-4-10)17-7-8-19-13(9-17)14(16)18/h3-6,12-13H,2,7-9H2,1H3,(H2,16,18). The van der Waals surface area contributed by atoms with Crippen molar-refractivity contribution in [2.45, 2.75) is 25.5 Å². The van der Waals surface area contributed by atoms with Gasteiger partial charge >= 0.3 is 0 Å².